The van der Waals surface area contributed by atoms with E-state index in [4.69, 9.17) is 9.97 Å². The van der Waals surface area contributed by atoms with Gasteiger partial charge in [-0.2, -0.15) is 0 Å². The summed E-state index contributed by atoms with van der Waals surface area (Å²) in [7, 11) is 0. The summed E-state index contributed by atoms with van der Waals surface area (Å²) >= 11 is 0. The zero-order valence-corrected chi connectivity index (χ0v) is 28.9. The fourth-order valence-electron chi connectivity index (χ4n) is 7.60. The first-order chi connectivity index (χ1) is 26.3. The quantitative estimate of drug-likeness (QED) is 0.176. The van der Waals surface area contributed by atoms with E-state index < -0.39 is 0 Å². The van der Waals surface area contributed by atoms with E-state index >= 15 is 0 Å². The fraction of sp³-hybridized carbons (Fsp3) is 0. The van der Waals surface area contributed by atoms with E-state index in [1.54, 1.807) is 0 Å². The lowest BCUT2D eigenvalue weighted by atomic mass is 9.94. The van der Waals surface area contributed by atoms with Gasteiger partial charge in [-0.05, 0) is 81.9 Å². The lowest BCUT2D eigenvalue weighted by Crippen LogP contribution is -1.96. The van der Waals surface area contributed by atoms with Crippen LogP contribution in [0.5, 0.6) is 0 Å². The van der Waals surface area contributed by atoms with Crippen LogP contribution in [0.3, 0.4) is 0 Å². The fourth-order valence-corrected chi connectivity index (χ4v) is 7.60. The minimum Gasteiger partial charge on any atom is -0.309 e. The van der Waals surface area contributed by atoms with Gasteiger partial charge in [0.1, 0.15) is 0 Å². The Bertz CT molecular complexity index is 2800. The highest BCUT2D eigenvalue weighted by molar-refractivity contribution is 6.09. The summed E-state index contributed by atoms with van der Waals surface area (Å²) in [6.07, 6.45) is 0. The third kappa shape index (κ3) is 5.56. The average Bonchev–Trinajstić information content (AvgIpc) is 3.58. The Kier molecular flexibility index (Phi) is 7.47. The van der Waals surface area contributed by atoms with Gasteiger partial charge < -0.3 is 4.57 Å². The molecule has 3 nitrogen and oxygen atoms in total. The van der Waals surface area contributed by atoms with Gasteiger partial charge in [0.05, 0.1) is 22.2 Å². The second kappa shape index (κ2) is 12.9. The molecular formula is C50H33N3. The second-order valence-electron chi connectivity index (χ2n) is 13.4. The first-order valence-electron chi connectivity index (χ1n) is 18.0. The van der Waals surface area contributed by atoms with Crippen molar-refractivity contribution in [2.24, 2.45) is 0 Å². The molecule has 2 aromatic heterocycles. The number of nitrogens with zero attached hydrogens (tertiary/aromatic N) is 3. The van der Waals surface area contributed by atoms with Gasteiger partial charge in [0, 0.05) is 33.0 Å². The molecular weight excluding hydrogens is 643 g/mol. The molecule has 0 fully saturated rings. The topological polar surface area (TPSA) is 30.7 Å². The third-order valence-electron chi connectivity index (χ3n) is 10.2. The SMILES string of the molecule is c1ccc(-c2cc(-c3ccccc3)cc(-c3nc(-c4ccc(-c5ccc(-n6c7ccccc7c7ccccc76)cc5)cc4)nc4ccccc34)c2)cc1. The monoisotopic (exact) mass is 675 g/mol. The Morgan fingerprint density at radius 3 is 1.32 bits per heavy atom. The number of rotatable bonds is 6. The number of fused-ring (bicyclic) bond motifs is 4. The highest BCUT2D eigenvalue weighted by Crippen LogP contribution is 2.37. The number of hydrogen-bond acceptors (Lipinski definition) is 2. The molecule has 0 saturated carbocycles. The summed E-state index contributed by atoms with van der Waals surface area (Å²) in [4.78, 5) is 10.4. The van der Waals surface area contributed by atoms with Crippen LogP contribution in [0, 0.1) is 0 Å². The van der Waals surface area contributed by atoms with E-state index in [1.807, 2.05) is 6.07 Å². The Morgan fingerprint density at radius 2 is 0.736 bits per heavy atom. The maximum atomic E-state index is 5.29. The van der Waals surface area contributed by atoms with Gasteiger partial charge in [-0.1, -0.05) is 152 Å². The summed E-state index contributed by atoms with van der Waals surface area (Å²) in [6, 6.07) is 71.0. The lowest BCUT2D eigenvalue weighted by molar-refractivity contribution is 1.18. The minimum absolute atomic E-state index is 0.707. The molecule has 2 heterocycles. The van der Waals surface area contributed by atoms with E-state index in [1.165, 1.54) is 32.9 Å². The van der Waals surface area contributed by atoms with Crippen molar-refractivity contribution in [1.29, 1.82) is 0 Å². The van der Waals surface area contributed by atoms with Crippen LogP contribution in [0.15, 0.2) is 200 Å². The minimum atomic E-state index is 0.707. The van der Waals surface area contributed by atoms with Crippen molar-refractivity contribution in [3.63, 3.8) is 0 Å². The van der Waals surface area contributed by atoms with Crippen molar-refractivity contribution < 1.29 is 0 Å². The first-order valence-corrected chi connectivity index (χ1v) is 18.0. The second-order valence-corrected chi connectivity index (χ2v) is 13.4. The highest BCUT2D eigenvalue weighted by Gasteiger charge is 2.15. The van der Waals surface area contributed by atoms with E-state index in [-0.39, 0.29) is 0 Å². The van der Waals surface area contributed by atoms with Gasteiger partial charge >= 0.3 is 0 Å². The van der Waals surface area contributed by atoms with Crippen molar-refractivity contribution in [3.8, 4) is 61.7 Å². The van der Waals surface area contributed by atoms with Crippen LogP contribution in [-0.4, -0.2) is 14.5 Å². The molecule has 0 saturated heterocycles. The van der Waals surface area contributed by atoms with Crippen LogP contribution in [0.1, 0.15) is 0 Å². The van der Waals surface area contributed by atoms with Gasteiger partial charge in [0.25, 0.3) is 0 Å². The average molecular weight is 676 g/mol. The standard InChI is InChI=1S/C50H33N3/c1-3-13-34(14-4-1)39-31-40(35-15-5-2-6-16-35)33-41(32-39)49-45-19-7-10-20-46(45)51-50(52-49)38-25-23-36(24-26-38)37-27-29-42(30-28-37)53-47-21-11-8-17-43(47)44-18-9-12-22-48(44)53/h1-33H. The molecule has 0 spiro atoms. The molecule has 0 aliphatic heterocycles. The molecule has 0 bridgehead atoms. The van der Waals surface area contributed by atoms with Gasteiger partial charge in [0.15, 0.2) is 5.82 Å². The smallest absolute Gasteiger partial charge is 0.160 e. The number of para-hydroxylation sites is 3. The number of hydrogen-bond donors (Lipinski definition) is 0. The van der Waals surface area contributed by atoms with Gasteiger partial charge in [-0.3, -0.25) is 0 Å². The summed E-state index contributed by atoms with van der Waals surface area (Å²) in [6.45, 7) is 0. The molecule has 3 heteroatoms. The molecule has 0 radical (unpaired) electrons. The molecule has 0 N–H and O–H groups in total. The first kappa shape index (κ1) is 30.7. The highest BCUT2D eigenvalue weighted by atomic mass is 15.0. The van der Waals surface area contributed by atoms with Crippen LogP contribution in [0.2, 0.25) is 0 Å². The van der Waals surface area contributed by atoms with E-state index in [9.17, 15) is 0 Å². The Balaban J connectivity index is 1.03. The lowest BCUT2D eigenvalue weighted by Gasteiger charge is -2.14. The molecule has 10 aromatic rings. The van der Waals surface area contributed by atoms with Crippen molar-refractivity contribution in [3.05, 3.63) is 200 Å². The van der Waals surface area contributed by atoms with Crippen LogP contribution in [0.4, 0.5) is 0 Å². The Morgan fingerprint density at radius 1 is 0.302 bits per heavy atom. The molecule has 0 amide bonds. The van der Waals surface area contributed by atoms with Gasteiger partial charge in [0.2, 0.25) is 0 Å². The number of aromatic nitrogens is 3. The summed E-state index contributed by atoms with van der Waals surface area (Å²) < 4.78 is 2.35. The van der Waals surface area contributed by atoms with E-state index in [0.717, 1.165) is 55.7 Å². The van der Waals surface area contributed by atoms with Crippen LogP contribution in [-0.2, 0) is 0 Å². The van der Waals surface area contributed by atoms with E-state index in [2.05, 4.69) is 199 Å². The van der Waals surface area contributed by atoms with Crippen molar-refractivity contribution in [2.45, 2.75) is 0 Å². The molecule has 0 atom stereocenters. The zero-order valence-electron chi connectivity index (χ0n) is 28.9. The van der Waals surface area contributed by atoms with Crippen LogP contribution in [0.25, 0.3) is 94.4 Å². The molecule has 248 valence electrons. The molecule has 10 rings (SSSR count). The molecule has 8 aromatic carbocycles. The molecule has 0 unspecified atom stereocenters. The molecule has 53 heavy (non-hydrogen) atoms. The van der Waals surface area contributed by atoms with Crippen LogP contribution < -0.4 is 0 Å². The van der Waals surface area contributed by atoms with Gasteiger partial charge in [-0.15, -0.1) is 0 Å². The Hall–Kier alpha value is -7.10. The van der Waals surface area contributed by atoms with Gasteiger partial charge in [-0.25, -0.2) is 9.97 Å². The zero-order chi connectivity index (χ0) is 35.1. The molecule has 0 aliphatic carbocycles. The predicted octanol–water partition coefficient (Wildman–Crippen LogP) is 13.1. The van der Waals surface area contributed by atoms with Crippen molar-refractivity contribution in [2.75, 3.05) is 0 Å². The normalized spacial score (nSPS) is 11.4. The largest absolute Gasteiger partial charge is 0.309 e. The maximum Gasteiger partial charge on any atom is 0.160 e. The summed E-state index contributed by atoms with van der Waals surface area (Å²) in [5, 5.41) is 3.56. The van der Waals surface area contributed by atoms with Crippen molar-refractivity contribution >= 4 is 32.7 Å². The summed E-state index contributed by atoms with van der Waals surface area (Å²) in [5.74, 6) is 0.707. The molecule has 0 aliphatic rings. The maximum absolute atomic E-state index is 5.29. The third-order valence-corrected chi connectivity index (χ3v) is 10.2. The summed E-state index contributed by atoms with van der Waals surface area (Å²) in [5.41, 5.74) is 14.4. The van der Waals surface area contributed by atoms with Crippen molar-refractivity contribution in [1.82, 2.24) is 14.5 Å². The Labute approximate surface area is 308 Å². The predicted molar refractivity (Wildman–Crippen MR) is 221 cm³/mol. The van der Waals surface area contributed by atoms with E-state index in [0.29, 0.717) is 5.82 Å². The number of benzene rings is 8. The van der Waals surface area contributed by atoms with Crippen LogP contribution >= 0.6 is 0 Å².